The van der Waals surface area contributed by atoms with Gasteiger partial charge in [-0.25, -0.2) is 9.78 Å². The quantitative estimate of drug-likeness (QED) is 0.905. The van der Waals surface area contributed by atoms with Crippen molar-refractivity contribution in [2.24, 2.45) is 0 Å². The van der Waals surface area contributed by atoms with Crippen molar-refractivity contribution in [2.45, 2.75) is 6.54 Å². The Hall–Kier alpha value is -1.59. The Morgan fingerprint density at radius 2 is 2.00 bits per heavy atom. The minimum Gasteiger partial charge on any atom is -0.478 e. The molecule has 0 aliphatic heterocycles. The van der Waals surface area contributed by atoms with E-state index in [0.717, 1.165) is 10.0 Å². The maximum atomic E-state index is 11.1. The van der Waals surface area contributed by atoms with Gasteiger partial charge in [0.1, 0.15) is 5.82 Å². The zero-order valence-corrected chi connectivity index (χ0v) is 13.0. The largest absolute Gasteiger partial charge is 0.478 e. The first-order chi connectivity index (χ1) is 9.49. The number of aromatic nitrogens is 1. The molecular formula is C14H12BrClN2O2. The summed E-state index contributed by atoms with van der Waals surface area (Å²) in [7, 11) is 1.82. The van der Waals surface area contributed by atoms with Crippen LogP contribution in [-0.4, -0.2) is 23.1 Å². The fraction of sp³-hybridized carbons (Fsp3) is 0.143. The summed E-state index contributed by atoms with van der Waals surface area (Å²) in [5.41, 5.74) is 1.13. The first-order valence-electron chi connectivity index (χ1n) is 5.82. The van der Waals surface area contributed by atoms with Gasteiger partial charge in [-0.15, -0.1) is 0 Å². The number of anilines is 1. The highest BCUT2D eigenvalue weighted by molar-refractivity contribution is 9.10. The monoisotopic (exact) mass is 354 g/mol. The lowest BCUT2D eigenvalue weighted by Gasteiger charge is -2.20. The number of carboxylic acids is 1. The molecule has 104 valence electrons. The predicted octanol–water partition coefficient (Wildman–Crippen LogP) is 3.83. The number of rotatable bonds is 4. The summed E-state index contributed by atoms with van der Waals surface area (Å²) in [6.45, 7) is 0.586. The van der Waals surface area contributed by atoms with Crippen molar-refractivity contribution in [3.05, 3.63) is 57.2 Å². The van der Waals surface area contributed by atoms with Gasteiger partial charge in [-0.2, -0.15) is 0 Å². The summed E-state index contributed by atoms with van der Waals surface area (Å²) in [4.78, 5) is 17.0. The lowest BCUT2D eigenvalue weighted by atomic mass is 10.2. The van der Waals surface area contributed by atoms with Crippen LogP contribution >= 0.6 is 27.5 Å². The molecular weight excluding hydrogens is 344 g/mol. The molecule has 0 aliphatic rings. The minimum atomic E-state index is -1.06. The van der Waals surface area contributed by atoms with E-state index >= 15 is 0 Å². The third-order valence-corrected chi connectivity index (χ3v) is 3.70. The topological polar surface area (TPSA) is 53.4 Å². The van der Waals surface area contributed by atoms with Gasteiger partial charge in [0.25, 0.3) is 0 Å². The molecule has 0 amide bonds. The van der Waals surface area contributed by atoms with Gasteiger partial charge in [0.2, 0.25) is 0 Å². The number of hydrogen-bond donors (Lipinski definition) is 1. The summed E-state index contributed by atoms with van der Waals surface area (Å²) in [6.07, 6.45) is 1.45. The Labute approximate surface area is 130 Å². The van der Waals surface area contributed by atoms with Crippen LogP contribution < -0.4 is 4.90 Å². The van der Waals surface area contributed by atoms with Crippen LogP contribution in [0.3, 0.4) is 0 Å². The van der Waals surface area contributed by atoms with Crippen molar-refractivity contribution in [1.29, 1.82) is 0 Å². The molecule has 0 unspecified atom stereocenters. The van der Waals surface area contributed by atoms with Gasteiger partial charge in [0.05, 0.1) is 10.6 Å². The molecule has 0 saturated carbocycles. The summed E-state index contributed by atoms with van der Waals surface area (Å²) in [5, 5.41) is 9.21. The highest BCUT2D eigenvalue weighted by atomic mass is 79.9. The number of nitrogens with zero attached hydrogens (tertiary/aromatic N) is 2. The summed E-state index contributed by atoms with van der Waals surface area (Å²) < 4.78 is 1.01. The van der Waals surface area contributed by atoms with Crippen LogP contribution in [0.4, 0.5) is 5.82 Å². The second-order valence-electron chi connectivity index (χ2n) is 4.28. The van der Waals surface area contributed by atoms with E-state index in [1.54, 1.807) is 0 Å². The average molecular weight is 356 g/mol. The number of hydrogen-bond acceptors (Lipinski definition) is 3. The van der Waals surface area contributed by atoms with E-state index in [4.69, 9.17) is 16.7 Å². The number of benzene rings is 1. The van der Waals surface area contributed by atoms with Crippen molar-refractivity contribution in [1.82, 2.24) is 4.98 Å². The second-order valence-corrected chi connectivity index (χ2v) is 5.58. The molecule has 1 heterocycles. The van der Waals surface area contributed by atoms with E-state index < -0.39 is 5.97 Å². The Bertz CT molecular complexity index is 632. The molecule has 0 spiro atoms. The molecule has 4 nitrogen and oxygen atoms in total. The van der Waals surface area contributed by atoms with E-state index in [2.05, 4.69) is 20.9 Å². The molecule has 0 aliphatic carbocycles. The Morgan fingerprint density at radius 1 is 1.35 bits per heavy atom. The number of halogens is 2. The molecule has 1 N–H and O–H groups in total. The van der Waals surface area contributed by atoms with Gasteiger partial charge in [0, 0.05) is 24.3 Å². The average Bonchev–Trinajstić information content (AvgIpc) is 2.41. The number of aromatic carboxylic acids is 1. The molecule has 0 bridgehead atoms. The van der Waals surface area contributed by atoms with Crippen molar-refractivity contribution in [3.63, 3.8) is 0 Å². The van der Waals surface area contributed by atoms with E-state index in [1.165, 1.54) is 12.3 Å². The summed E-state index contributed by atoms with van der Waals surface area (Å²) in [5.74, 6) is -0.606. The van der Waals surface area contributed by atoms with Gasteiger partial charge in [-0.3, -0.25) is 0 Å². The molecule has 0 atom stereocenters. The normalized spacial score (nSPS) is 10.3. The Kier molecular flexibility index (Phi) is 4.62. The Morgan fingerprint density at radius 3 is 2.60 bits per heavy atom. The van der Waals surface area contributed by atoms with Crippen LogP contribution in [0.1, 0.15) is 15.9 Å². The molecule has 1 aromatic heterocycles. The highest BCUT2D eigenvalue weighted by Crippen LogP contribution is 2.27. The fourth-order valence-electron chi connectivity index (χ4n) is 1.80. The number of carboxylic acid groups (broad SMARTS) is 1. The Balaban J connectivity index is 2.25. The number of carbonyl (C=O) groups is 1. The van der Waals surface area contributed by atoms with Gasteiger partial charge in [-0.1, -0.05) is 39.7 Å². The standard InChI is InChI=1S/C14H12BrClN2O2/c1-18(8-9-2-4-10(15)5-3-9)13-12(16)11(14(19)20)6-7-17-13/h2-7H,8H2,1H3,(H,19,20). The number of pyridine rings is 1. The lowest BCUT2D eigenvalue weighted by Crippen LogP contribution is -2.19. The minimum absolute atomic E-state index is 0.0549. The van der Waals surface area contributed by atoms with Crippen LogP contribution in [0.15, 0.2) is 41.0 Å². The molecule has 0 saturated heterocycles. The highest BCUT2D eigenvalue weighted by Gasteiger charge is 2.16. The van der Waals surface area contributed by atoms with Crippen molar-refractivity contribution < 1.29 is 9.90 Å². The van der Waals surface area contributed by atoms with Gasteiger partial charge in [0.15, 0.2) is 0 Å². The molecule has 0 radical (unpaired) electrons. The van der Waals surface area contributed by atoms with E-state index in [-0.39, 0.29) is 10.6 Å². The van der Waals surface area contributed by atoms with Crippen LogP contribution in [-0.2, 0) is 6.54 Å². The smallest absolute Gasteiger partial charge is 0.337 e. The van der Waals surface area contributed by atoms with Crippen LogP contribution in [0.25, 0.3) is 0 Å². The first kappa shape index (κ1) is 14.8. The van der Waals surface area contributed by atoms with E-state index in [0.29, 0.717) is 12.4 Å². The zero-order valence-electron chi connectivity index (χ0n) is 10.7. The first-order valence-corrected chi connectivity index (χ1v) is 6.99. The van der Waals surface area contributed by atoms with Crippen molar-refractivity contribution >= 4 is 39.3 Å². The van der Waals surface area contributed by atoms with Gasteiger partial charge in [-0.05, 0) is 23.8 Å². The van der Waals surface area contributed by atoms with E-state index in [9.17, 15) is 4.79 Å². The van der Waals surface area contributed by atoms with Gasteiger partial charge < -0.3 is 10.0 Å². The SMILES string of the molecule is CN(Cc1ccc(Br)cc1)c1nccc(C(=O)O)c1Cl. The molecule has 0 fully saturated rings. The van der Waals surface area contributed by atoms with Crippen LogP contribution in [0, 0.1) is 0 Å². The van der Waals surface area contributed by atoms with Crippen molar-refractivity contribution in [3.8, 4) is 0 Å². The van der Waals surface area contributed by atoms with Crippen molar-refractivity contribution in [2.75, 3.05) is 11.9 Å². The predicted molar refractivity (Wildman–Crippen MR) is 82.5 cm³/mol. The van der Waals surface area contributed by atoms with Crippen LogP contribution in [0.5, 0.6) is 0 Å². The summed E-state index contributed by atoms with van der Waals surface area (Å²) >= 11 is 9.48. The third kappa shape index (κ3) is 3.29. The maximum absolute atomic E-state index is 11.1. The molecule has 6 heteroatoms. The molecule has 20 heavy (non-hydrogen) atoms. The second kappa shape index (κ2) is 6.24. The van der Waals surface area contributed by atoms with Gasteiger partial charge >= 0.3 is 5.97 Å². The maximum Gasteiger partial charge on any atom is 0.337 e. The van der Waals surface area contributed by atoms with E-state index in [1.807, 2.05) is 36.2 Å². The summed E-state index contributed by atoms with van der Waals surface area (Å²) in [6, 6.07) is 9.25. The molecule has 1 aromatic carbocycles. The lowest BCUT2D eigenvalue weighted by molar-refractivity contribution is 0.0697. The third-order valence-electron chi connectivity index (χ3n) is 2.80. The zero-order chi connectivity index (χ0) is 14.7. The van der Waals surface area contributed by atoms with Crippen LogP contribution in [0.2, 0.25) is 5.02 Å². The molecule has 2 aromatic rings. The fourth-order valence-corrected chi connectivity index (χ4v) is 2.40. The molecule has 2 rings (SSSR count).